The highest BCUT2D eigenvalue weighted by Crippen LogP contribution is 2.34. The minimum Gasteiger partial charge on any atom is -0.393 e. The molecule has 11 heteroatoms. The Labute approximate surface area is 235 Å². The predicted octanol–water partition coefficient (Wildman–Crippen LogP) is 3.77. The van der Waals surface area contributed by atoms with Crippen molar-refractivity contribution in [1.82, 2.24) is 34.3 Å². The van der Waals surface area contributed by atoms with Gasteiger partial charge in [-0.25, -0.2) is 23.9 Å². The molecule has 41 heavy (non-hydrogen) atoms. The van der Waals surface area contributed by atoms with Crippen LogP contribution in [0.3, 0.4) is 0 Å². The Morgan fingerprint density at radius 2 is 1.73 bits per heavy atom. The van der Waals surface area contributed by atoms with Crippen molar-refractivity contribution < 1.29 is 14.6 Å². The molecule has 0 saturated heterocycles. The lowest BCUT2D eigenvalue weighted by molar-refractivity contribution is 0.0434. The number of fused-ring (bicyclic) bond motifs is 1. The molecular weight excluding hydrogens is 523 g/mol. The number of nitrogens with zero attached hydrogens (tertiary/aromatic N) is 8. The zero-order valence-corrected chi connectivity index (χ0v) is 22.5. The molecule has 5 heterocycles. The van der Waals surface area contributed by atoms with Crippen molar-refractivity contribution in [2.45, 2.75) is 43.9 Å². The average Bonchev–Trinajstić information content (AvgIpc) is 3.63. The fourth-order valence-corrected chi connectivity index (χ4v) is 5.54. The van der Waals surface area contributed by atoms with Gasteiger partial charge in [-0.2, -0.15) is 10.2 Å². The molecular formula is C30H29FN8O2. The molecule has 7 rings (SSSR count). The Balaban J connectivity index is 1.08. The molecule has 0 radical (unpaired) electrons. The number of aliphatic hydroxyl groups is 2. The molecule has 1 aliphatic carbocycles. The lowest BCUT2D eigenvalue weighted by Crippen LogP contribution is -2.30. The molecule has 0 amide bonds. The summed E-state index contributed by atoms with van der Waals surface area (Å²) in [7, 11) is 0. The molecule has 1 saturated carbocycles. The highest BCUT2D eigenvalue weighted by molar-refractivity contribution is 5.80. The minimum absolute atomic E-state index is 0.225. The molecule has 1 atom stereocenters. The molecule has 4 aromatic heterocycles. The number of hydrogen-bond donors (Lipinski definition) is 2. The van der Waals surface area contributed by atoms with E-state index in [-0.39, 0.29) is 18.0 Å². The predicted molar refractivity (Wildman–Crippen MR) is 150 cm³/mol. The number of halogens is 1. The second-order valence-electron chi connectivity index (χ2n) is 10.9. The van der Waals surface area contributed by atoms with Crippen LogP contribution in [0.4, 0.5) is 10.3 Å². The van der Waals surface area contributed by atoms with E-state index in [1.807, 2.05) is 27.8 Å². The first-order valence-corrected chi connectivity index (χ1v) is 13.7. The van der Waals surface area contributed by atoms with Crippen LogP contribution in [0.1, 0.15) is 49.0 Å². The lowest BCUT2D eigenvalue weighted by atomic mass is 9.90. The van der Waals surface area contributed by atoms with E-state index >= 15 is 0 Å². The molecule has 1 aromatic carbocycles. The Hall–Kier alpha value is -4.48. The number of rotatable bonds is 6. The summed E-state index contributed by atoms with van der Waals surface area (Å²) < 4.78 is 17.1. The number of benzene rings is 1. The SMILES string of the molecule is C[C@](O)(c1ccc(F)cc1)c1cnc(N2CC=C(c3ncnn4cc(-c5cnn(C6CC(O)C6)c5)cc34)CC2)nc1. The van der Waals surface area contributed by atoms with Crippen molar-refractivity contribution >= 4 is 17.0 Å². The summed E-state index contributed by atoms with van der Waals surface area (Å²) in [5.41, 5.74) is 4.74. The Morgan fingerprint density at radius 3 is 2.44 bits per heavy atom. The monoisotopic (exact) mass is 552 g/mol. The van der Waals surface area contributed by atoms with Gasteiger partial charge in [-0.3, -0.25) is 4.68 Å². The van der Waals surface area contributed by atoms with E-state index in [4.69, 9.17) is 0 Å². The van der Waals surface area contributed by atoms with E-state index in [0.717, 1.165) is 47.2 Å². The first-order chi connectivity index (χ1) is 19.8. The quantitative estimate of drug-likeness (QED) is 0.327. The van der Waals surface area contributed by atoms with E-state index < -0.39 is 5.60 Å². The van der Waals surface area contributed by atoms with Gasteiger partial charge in [0.25, 0.3) is 0 Å². The summed E-state index contributed by atoms with van der Waals surface area (Å²) in [5, 5.41) is 29.6. The van der Waals surface area contributed by atoms with Crippen molar-refractivity contribution in [3.63, 3.8) is 0 Å². The van der Waals surface area contributed by atoms with E-state index in [0.29, 0.717) is 30.2 Å². The van der Waals surface area contributed by atoms with Gasteiger partial charge in [0.2, 0.25) is 5.95 Å². The zero-order valence-electron chi connectivity index (χ0n) is 22.5. The fraction of sp³-hybridized carbons (Fsp3) is 0.300. The largest absolute Gasteiger partial charge is 0.393 e. The molecule has 1 fully saturated rings. The zero-order chi connectivity index (χ0) is 28.1. The van der Waals surface area contributed by atoms with Crippen molar-refractivity contribution in [2.24, 2.45) is 0 Å². The van der Waals surface area contributed by atoms with Crippen molar-refractivity contribution in [2.75, 3.05) is 18.0 Å². The summed E-state index contributed by atoms with van der Waals surface area (Å²) in [6.07, 6.45) is 14.9. The molecule has 208 valence electrons. The first kappa shape index (κ1) is 25.5. The second kappa shape index (κ2) is 9.86. The van der Waals surface area contributed by atoms with Crippen molar-refractivity contribution in [3.8, 4) is 11.1 Å². The van der Waals surface area contributed by atoms with Crippen molar-refractivity contribution in [3.05, 3.63) is 96.4 Å². The van der Waals surface area contributed by atoms with Gasteiger partial charge >= 0.3 is 0 Å². The Morgan fingerprint density at radius 1 is 0.951 bits per heavy atom. The van der Waals surface area contributed by atoms with Gasteiger partial charge in [-0.15, -0.1) is 0 Å². The van der Waals surface area contributed by atoms with Crippen LogP contribution in [0.15, 0.2) is 73.7 Å². The maximum atomic E-state index is 13.3. The third-order valence-electron chi connectivity index (χ3n) is 8.21. The standard InChI is InChI=1S/C30H29FN8O2/c1-30(41,22-2-4-24(31)5-3-22)23-14-32-29(33-15-23)37-8-6-19(7-9-37)28-27-10-20(16-39(27)36-18-34-28)21-13-35-38(17-21)25-11-26(40)12-25/h2-6,10,13-18,25-26,40-41H,7-9,11-12H2,1H3/t25?,26?,30-/m0/s1. The van der Waals surface area contributed by atoms with Gasteiger partial charge in [0.05, 0.1) is 29.6 Å². The van der Waals surface area contributed by atoms with E-state index in [9.17, 15) is 14.6 Å². The second-order valence-corrected chi connectivity index (χ2v) is 10.9. The average molecular weight is 553 g/mol. The van der Waals surface area contributed by atoms with Crippen LogP contribution in [-0.2, 0) is 5.60 Å². The number of hydrogen-bond acceptors (Lipinski definition) is 8. The summed E-state index contributed by atoms with van der Waals surface area (Å²) >= 11 is 0. The summed E-state index contributed by atoms with van der Waals surface area (Å²) in [6.45, 7) is 2.98. The summed E-state index contributed by atoms with van der Waals surface area (Å²) in [4.78, 5) is 15.7. The highest BCUT2D eigenvalue weighted by atomic mass is 19.1. The normalized spacial score (nSPS) is 20.5. The van der Waals surface area contributed by atoms with Crippen LogP contribution < -0.4 is 4.90 Å². The Bertz CT molecular complexity index is 1740. The number of anilines is 1. The van der Waals surface area contributed by atoms with Gasteiger partial charge in [-0.1, -0.05) is 18.2 Å². The third-order valence-corrected chi connectivity index (χ3v) is 8.21. The van der Waals surface area contributed by atoms with E-state index in [1.54, 1.807) is 37.8 Å². The van der Waals surface area contributed by atoms with Crippen LogP contribution in [0.5, 0.6) is 0 Å². The Kier molecular flexibility index (Phi) is 6.13. The number of aliphatic hydroxyl groups excluding tert-OH is 1. The smallest absolute Gasteiger partial charge is 0.225 e. The molecule has 2 aliphatic rings. The topological polar surface area (TPSA) is 117 Å². The maximum absolute atomic E-state index is 13.3. The van der Waals surface area contributed by atoms with Gasteiger partial charge < -0.3 is 15.1 Å². The molecule has 5 aromatic rings. The first-order valence-electron chi connectivity index (χ1n) is 13.7. The van der Waals surface area contributed by atoms with Crippen LogP contribution in [0.25, 0.3) is 22.2 Å². The molecule has 2 N–H and O–H groups in total. The van der Waals surface area contributed by atoms with Gasteiger partial charge in [0.1, 0.15) is 17.7 Å². The highest BCUT2D eigenvalue weighted by Gasteiger charge is 2.30. The minimum atomic E-state index is -1.34. The van der Waals surface area contributed by atoms with Gasteiger partial charge in [0, 0.05) is 54.6 Å². The van der Waals surface area contributed by atoms with Gasteiger partial charge in [-0.05, 0) is 55.5 Å². The van der Waals surface area contributed by atoms with Crippen LogP contribution in [0.2, 0.25) is 0 Å². The molecule has 0 bridgehead atoms. The third kappa shape index (κ3) is 4.66. The molecule has 0 spiro atoms. The van der Waals surface area contributed by atoms with E-state index in [1.165, 1.54) is 12.1 Å². The summed E-state index contributed by atoms with van der Waals surface area (Å²) in [6, 6.07) is 8.12. The van der Waals surface area contributed by atoms with Crippen LogP contribution in [-0.4, -0.2) is 63.8 Å². The molecule has 10 nitrogen and oxygen atoms in total. The lowest BCUT2D eigenvalue weighted by Gasteiger charge is -2.31. The summed E-state index contributed by atoms with van der Waals surface area (Å²) in [5.74, 6) is 0.222. The number of aromatic nitrogens is 7. The van der Waals surface area contributed by atoms with Crippen LogP contribution >= 0.6 is 0 Å². The van der Waals surface area contributed by atoms with Crippen molar-refractivity contribution in [1.29, 1.82) is 0 Å². The van der Waals surface area contributed by atoms with Crippen LogP contribution in [0, 0.1) is 5.82 Å². The van der Waals surface area contributed by atoms with E-state index in [2.05, 4.69) is 42.2 Å². The molecule has 1 aliphatic heterocycles. The fourth-order valence-electron chi connectivity index (χ4n) is 5.54. The van der Waals surface area contributed by atoms with Gasteiger partial charge in [0.15, 0.2) is 0 Å². The molecule has 0 unspecified atom stereocenters. The maximum Gasteiger partial charge on any atom is 0.225 e.